The van der Waals surface area contributed by atoms with Crippen molar-refractivity contribution in [1.82, 2.24) is 20.5 Å². The van der Waals surface area contributed by atoms with E-state index in [-0.39, 0.29) is 12.5 Å². The predicted molar refractivity (Wildman–Crippen MR) is 108 cm³/mol. The number of hydrogen-bond acceptors (Lipinski definition) is 5. The quantitative estimate of drug-likeness (QED) is 0.650. The second kappa shape index (κ2) is 6.55. The zero-order chi connectivity index (χ0) is 20.9. The minimum absolute atomic E-state index is 0.00612. The molecule has 0 saturated carbocycles. The van der Waals surface area contributed by atoms with Gasteiger partial charge < -0.3 is 15.0 Å². The molecule has 1 fully saturated rings. The van der Waals surface area contributed by atoms with Gasteiger partial charge in [-0.05, 0) is 47.5 Å². The SMILES string of the molecule is COc1ccc2c(c1)CN(CC1(c3ccc4ncccc4c3)NC(=O)NC1=O)C2=O. The van der Waals surface area contributed by atoms with E-state index in [1.807, 2.05) is 18.2 Å². The number of fused-ring (bicyclic) bond motifs is 2. The molecule has 8 nitrogen and oxygen atoms in total. The zero-order valence-corrected chi connectivity index (χ0v) is 16.1. The van der Waals surface area contributed by atoms with Crippen molar-refractivity contribution < 1.29 is 19.1 Å². The van der Waals surface area contributed by atoms with Crippen molar-refractivity contribution >= 4 is 28.7 Å². The lowest BCUT2D eigenvalue weighted by Gasteiger charge is -2.31. The van der Waals surface area contributed by atoms with Crippen LogP contribution in [0.15, 0.2) is 54.7 Å². The van der Waals surface area contributed by atoms with Crippen LogP contribution in [0.4, 0.5) is 4.79 Å². The summed E-state index contributed by atoms with van der Waals surface area (Å²) < 4.78 is 5.25. The maximum absolute atomic E-state index is 13.0. The lowest BCUT2D eigenvalue weighted by atomic mass is 9.88. The minimum Gasteiger partial charge on any atom is -0.497 e. The number of hydrogen-bond donors (Lipinski definition) is 2. The van der Waals surface area contributed by atoms with E-state index in [2.05, 4.69) is 15.6 Å². The van der Waals surface area contributed by atoms with Gasteiger partial charge in [0.25, 0.3) is 11.8 Å². The van der Waals surface area contributed by atoms with Crippen LogP contribution in [-0.4, -0.2) is 41.4 Å². The number of carbonyl (C=O) groups is 3. The Hall–Kier alpha value is -3.94. The summed E-state index contributed by atoms with van der Waals surface area (Å²) in [4.78, 5) is 43.9. The maximum Gasteiger partial charge on any atom is 0.322 e. The molecule has 4 amide bonds. The number of benzene rings is 2. The fourth-order valence-corrected chi connectivity index (χ4v) is 4.14. The number of methoxy groups -OCH3 is 1. The lowest BCUT2D eigenvalue weighted by molar-refractivity contribution is -0.124. The molecule has 150 valence electrons. The Labute approximate surface area is 171 Å². The summed E-state index contributed by atoms with van der Waals surface area (Å²) in [7, 11) is 1.57. The van der Waals surface area contributed by atoms with Crippen LogP contribution in [-0.2, 0) is 16.9 Å². The van der Waals surface area contributed by atoms with Crippen molar-refractivity contribution in [2.75, 3.05) is 13.7 Å². The van der Waals surface area contributed by atoms with E-state index < -0.39 is 17.5 Å². The monoisotopic (exact) mass is 402 g/mol. The van der Waals surface area contributed by atoms with Crippen LogP contribution in [0.5, 0.6) is 5.75 Å². The molecule has 1 aromatic heterocycles. The summed E-state index contributed by atoms with van der Waals surface area (Å²) in [6.07, 6.45) is 1.69. The molecular formula is C22H18N4O4. The molecule has 0 bridgehead atoms. The topological polar surface area (TPSA) is 101 Å². The molecule has 2 aromatic carbocycles. The summed E-state index contributed by atoms with van der Waals surface area (Å²) in [5.74, 6) is -0.0208. The molecule has 1 atom stereocenters. The molecule has 0 aliphatic carbocycles. The van der Waals surface area contributed by atoms with Crippen LogP contribution >= 0.6 is 0 Å². The average molecular weight is 402 g/mol. The third-order valence-electron chi connectivity index (χ3n) is 5.66. The number of urea groups is 1. The number of aromatic nitrogens is 1. The Morgan fingerprint density at radius 2 is 2.00 bits per heavy atom. The molecule has 2 N–H and O–H groups in total. The smallest absolute Gasteiger partial charge is 0.322 e. The van der Waals surface area contributed by atoms with Gasteiger partial charge in [0.05, 0.1) is 19.2 Å². The number of pyridine rings is 1. The largest absolute Gasteiger partial charge is 0.497 e. The van der Waals surface area contributed by atoms with Gasteiger partial charge in [0.2, 0.25) is 0 Å². The molecule has 1 saturated heterocycles. The van der Waals surface area contributed by atoms with Gasteiger partial charge in [0.15, 0.2) is 5.54 Å². The number of nitrogens with zero attached hydrogens (tertiary/aromatic N) is 2. The number of carbonyl (C=O) groups excluding carboxylic acids is 3. The fraction of sp³-hybridized carbons (Fsp3) is 0.182. The second-order valence-electron chi connectivity index (χ2n) is 7.41. The highest BCUT2D eigenvalue weighted by Crippen LogP contribution is 2.33. The van der Waals surface area contributed by atoms with E-state index in [0.29, 0.717) is 23.4 Å². The first kappa shape index (κ1) is 18.1. The van der Waals surface area contributed by atoms with E-state index in [4.69, 9.17) is 4.74 Å². The number of nitrogens with one attached hydrogen (secondary N) is 2. The molecule has 0 radical (unpaired) electrons. The number of rotatable bonds is 4. The molecule has 5 rings (SSSR count). The fourth-order valence-electron chi connectivity index (χ4n) is 4.14. The van der Waals surface area contributed by atoms with Crippen molar-refractivity contribution in [2.24, 2.45) is 0 Å². The van der Waals surface area contributed by atoms with Crippen LogP contribution in [0.3, 0.4) is 0 Å². The normalized spacial score (nSPS) is 20.3. The van der Waals surface area contributed by atoms with Crippen LogP contribution in [0.1, 0.15) is 21.5 Å². The molecule has 1 unspecified atom stereocenters. The third kappa shape index (κ3) is 2.68. The molecule has 0 spiro atoms. The van der Waals surface area contributed by atoms with Crippen LogP contribution in [0.2, 0.25) is 0 Å². The summed E-state index contributed by atoms with van der Waals surface area (Å²) in [6, 6.07) is 13.8. The zero-order valence-electron chi connectivity index (χ0n) is 16.1. The van der Waals surface area contributed by atoms with Crippen LogP contribution in [0, 0.1) is 0 Å². The highest BCUT2D eigenvalue weighted by Gasteiger charge is 2.50. The molecule has 8 heteroatoms. The Bertz CT molecular complexity index is 1220. The average Bonchev–Trinajstić information content (AvgIpc) is 3.22. The number of imide groups is 1. The Kier molecular flexibility index (Phi) is 3.95. The van der Waals surface area contributed by atoms with Gasteiger partial charge >= 0.3 is 6.03 Å². The van der Waals surface area contributed by atoms with E-state index >= 15 is 0 Å². The summed E-state index contributed by atoms with van der Waals surface area (Å²) >= 11 is 0. The summed E-state index contributed by atoms with van der Waals surface area (Å²) in [6.45, 7) is 0.331. The van der Waals surface area contributed by atoms with Gasteiger partial charge in [0, 0.05) is 23.7 Å². The molecule has 2 aliphatic heterocycles. The van der Waals surface area contributed by atoms with Gasteiger partial charge in [-0.2, -0.15) is 0 Å². The molecular weight excluding hydrogens is 384 g/mol. The van der Waals surface area contributed by atoms with Gasteiger partial charge in [0.1, 0.15) is 5.75 Å². The van der Waals surface area contributed by atoms with Gasteiger partial charge in [-0.3, -0.25) is 19.9 Å². The van der Waals surface area contributed by atoms with Crippen molar-refractivity contribution in [1.29, 1.82) is 0 Å². The number of ether oxygens (including phenoxy) is 1. The van der Waals surface area contributed by atoms with Gasteiger partial charge in [-0.15, -0.1) is 0 Å². The Morgan fingerprint density at radius 1 is 1.13 bits per heavy atom. The first-order chi connectivity index (χ1) is 14.5. The first-order valence-corrected chi connectivity index (χ1v) is 9.45. The van der Waals surface area contributed by atoms with E-state index in [1.54, 1.807) is 48.5 Å². The molecule has 3 heterocycles. The van der Waals surface area contributed by atoms with Crippen LogP contribution in [0.25, 0.3) is 10.9 Å². The Balaban J connectivity index is 1.55. The van der Waals surface area contributed by atoms with E-state index in [1.165, 1.54) is 0 Å². The summed E-state index contributed by atoms with van der Waals surface area (Å²) in [5.41, 5.74) is 1.37. The Morgan fingerprint density at radius 3 is 2.77 bits per heavy atom. The molecule has 3 aromatic rings. The second-order valence-corrected chi connectivity index (χ2v) is 7.41. The van der Waals surface area contributed by atoms with Crippen molar-refractivity contribution in [3.63, 3.8) is 0 Å². The van der Waals surface area contributed by atoms with E-state index in [9.17, 15) is 14.4 Å². The standard InChI is InChI=1S/C22H18N4O4/c1-30-16-5-6-17-14(10-16)11-26(19(17)27)12-22(20(28)24-21(29)25-22)15-4-7-18-13(9-15)3-2-8-23-18/h2-10H,11-12H2,1H3,(H2,24,25,28,29). The highest BCUT2D eigenvalue weighted by atomic mass is 16.5. The lowest BCUT2D eigenvalue weighted by Crippen LogP contribution is -2.52. The van der Waals surface area contributed by atoms with Gasteiger partial charge in [-0.25, -0.2) is 4.79 Å². The number of amides is 4. The van der Waals surface area contributed by atoms with Crippen LogP contribution < -0.4 is 15.4 Å². The third-order valence-corrected chi connectivity index (χ3v) is 5.66. The minimum atomic E-state index is -1.39. The predicted octanol–water partition coefficient (Wildman–Crippen LogP) is 1.93. The molecule has 30 heavy (non-hydrogen) atoms. The van der Waals surface area contributed by atoms with Crippen molar-refractivity contribution in [3.05, 3.63) is 71.4 Å². The highest BCUT2D eigenvalue weighted by molar-refractivity contribution is 6.08. The van der Waals surface area contributed by atoms with Crippen molar-refractivity contribution in [3.8, 4) is 5.75 Å². The first-order valence-electron chi connectivity index (χ1n) is 9.45. The van der Waals surface area contributed by atoms with Gasteiger partial charge in [-0.1, -0.05) is 12.1 Å². The maximum atomic E-state index is 13.0. The molecule has 2 aliphatic rings. The van der Waals surface area contributed by atoms with E-state index in [0.717, 1.165) is 16.5 Å². The summed E-state index contributed by atoms with van der Waals surface area (Å²) in [5, 5.41) is 5.91. The van der Waals surface area contributed by atoms with Crippen molar-refractivity contribution in [2.45, 2.75) is 12.1 Å².